The Morgan fingerprint density at radius 1 is 1.00 bits per heavy atom. The molecule has 38 heavy (non-hydrogen) atoms. The summed E-state index contributed by atoms with van der Waals surface area (Å²) < 4.78 is 25.3. The van der Waals surface area contributed by atoms with Crippen LogP contribution in [0.4, 0.5) is 9.52 Å². The Kier molecular flexibility index (Phi) is 9.08. The summed E-state index contributed by atoms with van der Waals surface area (Å²) in [5, 5.41) is 15.2. The second kappa shape index (κ2) is 13.1. The first-order chi connectivity index (χ1) is 18.5. The van der Waals surface area contributed by atoms with Gasteiger partial charge >= 0.3 is 0 Å². The highest BCUT2D eigenvalue weighted by atomic mass is 32.1. The minimum atomic E-state index is -0.395. The van der Waals surface area contributed by atoms with E-state index in [4.69, 9.17) is 9.47 Å². The van der Waals surface area contributed by atoms with Crippen molar-refractivity contribution in [2.45, 2.75) is 20.0 Å². The van der Waals surface area contributed by atoms with Crippen molar-refractivity contribution < 1.29 is 23.5 Å². The van der Waals surface area contributed by atoms with E-state index in [-0.39, 0.29) is 24.8 Å². The van der Waals surface area contributed by atoms with Gasteiger partial charge in [0, 0.05) is 11.1 Å². The average molecular weight is 534 g/mol. The van der Waals surface area contributed by atoms with Gasteiger partial charge in [0.1, 0.15) is 17.4 Å². The van der Waals surface area contributed by atoms with Crippen molar-refractivity contribution in [1.29, 1.82) is 0 Å². The van der Waals surface area contributed by atoms with Gasteiger partial charge in [0.2, 0.25) is 11.0 Å². The molecule has 0 bridgehead atoms. The van der Waals surface area contributed by atoms with Crippen LogP contribution in [0.2, 0.25) is 0 Å². The first-order valence-corrected chi connectivity index (χ1v) is 12.5. The van der Waals surface area contributed by atoms with Crippen LogP contribution in [-0.4, -0.2) is 34.8 Å². The number of halogens is 1. The Morgan fingerprint density at radius 3 is 2.58 bits per heavy atom. The van der Waals surface area contributed by atoms with E-state index in [0.717, 1.165) is 11.3 Å². The lowest BCUT2D eigenvalue weighted by Gasteiger charge is -2.13. The fraction of sp³-hybridized carbons (Fsp3) is 0.148. The number of hydrogen-bond acceptors (Lipinski definition) is 8. The zero-order valence-corrected chi connectivity index (χ0v) is 21.2. The summed E-state index contributed by atoms with van der Waals surface area (Å²) >= 11 is 1.11. The second-order valence-corrected chi connectivity index (χ2v) is 8.87. The molecule has 0 aliphatic carbocycles. The number of hydrazone groups is 1. The van der Waals surface area contributed by atoms with Crippen molar-refractivity contribution in [1.82, 2.24) is 15.6 Å². The normalized spacial score (nSPS) is 10.8. The highest BCUT2D eigenvalue weighted by Crippen LogP contribution is 2.29. The maximum absolute atomic E-state index is 13.9. The number of carbonyl (C=O) groups excluding carboxylic acids is 2. The lowest BCUT2D eigenvalue weighted by molar-refractivity contribution is -0.120. The van der Waals surface area contributed by atoms with Gasteiger partial charge in [-0.25, -0.2) is 9.82 Å². The number of carbonyl (C=O) groups is 2. The molecule has 0 fully saturated rings. The van der Waals surface area contributed by atoms with Gasteiger partial charge in [-0.1, -0.05) is 47.7 Å². The Bertz CT molecular complexity index is 1430. The number of nitrogens with one attached hydrogen (secondary N) is 2. The number of hydrogen-bond donors (Lipinski definition) is 2. The molecule has 3 aromatic carbocycles. The molecule has 2 amide bonds. The molecule has 0 atom stereocenters. The lowest BCUT2D eigenvalue weighted by Crippen LogP contribution is -2.19. The number of nitrogens with zero attached hydrogens (tertiary/aromatic N) is 3. The topological polar surface area (TPSA) is 115 Å². The molecule has 9 nitrogen and oxygen atoms in total. The van der Waals surface area contributed by atoms with Crippen molar-refractivity contribution in [3.05, 3.63) is 100 Å². The van der Waals surface area contributed by atoms with Crippen LogP contribution in [0.5, 0.6) is 11.5 Å². The second-order valence-electron chi connectivity index (χ2n) is 7.81. The van der Waals surface area contributed by atoms with Gasteiger partial charge < -0.3 is 9.47 Å². The lowest BCUT2D eigenvalue weighted by atomic mass is 10.2. The Balaban J connectivity index is 1.30. The molecule has 2 N–H and O–H groups in total. The van der Waals surface area contributed by atoms with Gasteiger partial charge in [0.25, 0.3) is 5.91 Å². The van der Waals surface area contributed by atoms with Gasteiger partial charge in [-0.2, -0.15) is 5.10 Å². The molecule has 194 valence electrons. The van der Waals surface area contributed by atoms with E-state index in [1.807, 2.05) is 13.0 Å². The molecule has 4 aromatic rings. The number of benzene rings is 3. The molecule has 11 heteroatoms. The number of rotatable bonds is 11. The van der Waals surface area contributed by atoms with Crippen molar-refractivity contribution in [3.8, 4) is 11.5 Å². The quantitative estimate of drug-likeness (QED) is 0.215. The van der Waals surface area contributed by atoms with Crippen LogP contribution < -0.4 is 20.2 Å². The molecule has 0 aliphatic heterocycles. The molecule has 0 aliphatic rings. The van der Waals surface area contributed by atoms with E-state index < -0.39 is 5.91 Å². The molecule has 0 spiro atoms. The Labute approximate surface area is 222 Å². The van der Waals surface area contributed by atoms with Gasteiger partial charge in [-0.3, -0.25) is 14.9 Å². The molecule has 1 heterocycles. The zero-order chi connectivity index (χ0) is 26.7. The van der Waals surface area contributed by atoms with Gasteiger partial charge in [0.15, 0.2) is 11.5 Å². The smallest absolute Gasteiger partial charge is 0.257 e. The van der Waals surface area contributed by atoms with E-state index in [1.54, 1.807) is 60.7 Å². The summed E-state index contributed by atoms with van der Waals surface area (Å²) in [5.74, 6) is -0.113. The number of ether oxygens (including phenoxy) is 2. The average Bonchev–Trinajstić information content (AvgIpc) is 3.36. The summed E-state index contributed by atoms with van der Waals surface area (Å²) in [4.78, 5) is 24.5. The summed E-state index contributed by atoms with van der Waals surface area (Å²) in [6, 6.07) is 20.3. The summed E-state index contributed by atoms with van der Waals surface area (Å²) in [7, 11) is 0. The van der Waals surface area contributed by atoms with Gasteiger partial charge in [-0.05, 0) is 48.9 Å². The zero-order valence-electron chi connectivity index (χ0n) is 20.4. The fourth-order valence-electron chi connectivity index (χ4n) is 3.25. The summed E-state index contributed by atoms with van der Waals surface area (Å²) in [5.41, 5.74) is 4.03. The first kappa shape index (κ1) is 26.4. The van der Waals surface area contributed by atoms with Crippen LogP contribution in [0.3, 0.4) is 0 Å². The Hall–Kier alpha value is -4.64. The monoisotopic (exact) mass is 533 g/mol. The minimum Gasteiger partial charge on any atom is -0.490 e. The third kappa shape index (κ3) is 7.43. The predicted molar refractivity (Wildman–Crippen MR) is 142 cm³/mol. The van der Waals surface area contributed by atoms with Crippen molar-refractivity contribution in [2.75, 3.05) is 11.9 Å². The highest BCUT2D eigenvalue weighted by Gasteiger charge is 2.13. The van der Waals surface area contributed by atoms with Gasteiger partial charge in [0.05, 0.1) is 19.2 Å². The SMILES string of the molecule is CCOc1cc(/C=N\NC(=O)Cc2nnc(NC(=O)c3ccccc3)s2)ccc1OCc1ccccc1F. The molecular weight excluding hydrogens is 509 g/mol. The minimum absolute atomic E-state index is 0.0523. The fourth-order valence-corrected chi connectivity index (χ4v) is 3.99. The molecule has 0 radical (unpaired) electrons. The standard InChI is InChI=1S/C27H24FN5O4S/c1-2-36-23-14-18(12-13-22(23)37-17-20-10-6-7-11-21(20)28)16-29-31-24(34)15-25-32-33-27(38-25)30-26(35)19-8-4-3-5-9-19/h3-14,16H,2,15,17H2,1H3,(H,31,34)(H,30,33,35)/b29-16-. The summed E-state index contributed by atoms with van der Waals surface area (Å²) in [6.07, 6.45) is 1.41. The van der Waals surface area contributed by atoms with Crippen molar-refractivity contribution >= 4 is 34.5 Å². The van der Waals surface area contributed by atoms with Crippen LogP contribution in [-0.2, 0) is 17.8 Å². The highest BCUT2D eigenvalue weighted by molar-refractivity contribution is 7.15. The molecule has 0 saturated heterocycles. The van der Waals surface area contributed by atoms with E-state index in [0.29, 0.717) is 44.9 Å². The Morgan fingerprint density at radius 2 is 1.79 bits per heavy atom. The molecule has 1 aromatic heterocycles. The molecular formula is C27H24FN5O4S. The van der Waals surface area contributed by atoms with E-state index in [1.165, 1.54) is 12.3 Å². The van der Waals surface area contributed by atoms with E-state index in [2.05, 4.69) is 26.0 Å². The van der Waals surface area contributed by atoms with Crippen LogP contribution in [0.15, 0.2) is 77.9 Å². The van der Waals surface area contributed by atoms with Crippen LogP contribution in [0.25, 0.3) is 0 Å². The van der Waals surface area contributed by atoms with Gasteiger partial charge in [-0.15, -0.1) is 10.2 Å². The third-order valence-electron chi connectivity index (χ3n) is 5.05. The van der Waals surface area contributed by atoms with Crippen LogP contribution in [0, 0.1) is 5.82 Å². The van der Waals surface area contributed by atoms with Crippen molar-refractivity contribution in [2.24, 2.45) is 5.10 Å². The predicted octanol–water partition coefficient (Wildman–Crippen LogP) is 4.60. The maximum Gasteiger partial charge on any atom is 0.257 e. The first-order valence-electron chi connectivity index (χ1n) is 11.7. The third-order valence-corrected chi connectivity index (χ3v) is 5.89. The maximum atomic E-state index is 13.9. The summed E-state index contributed by atoms with van der Waals surface area (Å²) in [6.45, 7) is 2.30. The van der Waals surface area contributed by atoms with E-state index >= 15 is 0 Å². The van der Waals surface area contributed by atoms with Crippen molar-refractivity contribution in [3.63, 3.8) is 0 Å². The number of anilines is 1. The molecule has 0 unspecified atom stereocenters. The largest absolute Gasteiger partial charge is 0.490 e. The molecule has 4 rings (SSSR count). The number of aromatic nitrogens is 2. The van der Waals surface area contributed by atoms with Crippen LogP contribution >= 0.6 is 11.3 Å². The van der Waals surface area contributed by atoms with E-state index in [9.17, 15) is 14.0 Å². The molecule has 0 saturated carbocycles. The number of amides is 2. The van der Waals surface area contributed by atoms with Crippen LogP contribution in [0.1, 0.15) is 33.4 Å².